The van der Waals surface area contributed by atoms with Crippen molar-refractivity contribution in [3.05, 3.63) is 70.3 Å². The Kier molecular flexibility index (Phi) is 3.50. The number of amides is 1. The van der Waals surface area contributed by atoms with Crippen LogP contribution in [0.15, 0.2) is 53.3 Å². The van der Waals surface area contributed by atoms with Gasteiger partial charge in [0.15, 0.2) is 0 Å². The second-order valence-corrected chi connectivity index (χ2v) is 5.98. The molecule has 124 valence electrons. The summed E-state index contributed by atoms with van der Waals surface area (Å²) < 4.78 is 1.49. The van der Waals surface area contributed by atoms with Crippen molar-refractivity contribution in [2.24, 2.45) is 7.05 Å². The first-order chi connectivity index (χ1) is 12.1. The van der Waals surface area contributed by atoms with Crippen molar-refractivity contribution in [1.29, 1.82) is 0 Å². The van der Waals surface area contributed by atoms with Crippen LogP contribution in [0.4, 0.5) is 5.69 Å². The van der Waals surface area contributed by atoms with E-state index in [1.54, 1.807) is 24.1 Å². The minimum Gasteiger partial charge on any atom is -0.308 e. The monoisotopic (exact) mass is 331 g/mol. The third-order valence-corrected chi connectivity index (χ3v) is 4.57. The second kappa shape index (κ2) is 5.70. The lowest BCUT2D eigenvalue weighted by molar-refractivity contribution is -0.112. The summed E-state index contributed by atoms with van der Waals surface area (Å²) >= 11 is 0. The molecular weight excluding hydrogens is 314 g/mol. The molecule has 1 amide bonds. The van der Waals surface area contributed by atoms with Gasteiger partial charge in [0, 0.05) is 19.2 Å². The van der Waals surface area contributed by atoms with Crippen LogP contribution in [0.2, 0.25) is 0 Å². The highest BCUT2D eigenvalue weighted by Gasteiger charge is 2.31. The summed E-state index contributed by atoms with van der Waals surface area (Å²) in [5.74, 6) is 0.408. The molecule has 0 spiro atoms. The topological polar surface area (TPSA) is 55.2 Å². The Morgan fingerprint density at radius 2 is 1.76 bits per heavy atom. The number of aromatic nitrogens is 2. The van der Waals surface area contributed by atoms with E-state index in [9.17, 15) is 9.59 Å². The number of hydrogen-bond acceptors (Lipinski definition) is 3. The fraction of sp³-hybridized carbons (Fsp3) is 0.150. The maximum absolute atomic E-state index is 12.8. The van der Waals surface area contributed by atoms with Crippen LogP contribution < -0.4 is 10.5 Å². The lowest BCUT2D eigenvalue weighted by atomic mass is 10.1. The number of hydrogen-bond donors (Lipinski definition) is 0. The summed E-state index contributed by atoms with van der Waals surface area (Å²) in [4.78, 5) is 31.7. The molecule has 5 nitrogen and oxygen atoms in total. The van der Waals surface area contributed by atoms with Gasteiger partial charge in [0.1, 0.15) is 5.82 Å². The van der Waals surface area contributed by atoms with Crippen LogP contribution in [-0.4, -0.2) is 22.0 Å². The quantitative estimate of drug-likeness (QED) is 0.679. The first-order valence-electron chi connectivity index (χ1n) is 8.20. The number of para-hydroxylation sites is 2. The van der Waals surface area contributed by atoms with Crippen molar-refractivity contribution in [2.75, 3.05) is 11.4 Å². The average molecular weight is 331 g/mol. The maximum atomic E-state index is 12.8. The van der Waals surface area contributed by atoms with Crippen molar-refractivity contribution in [3.8, 4) is 0 Å². The van der Waals surface area contributed by atoms with Gasteiger partial charge in [0.2, 0.25) is 0 Å². The molecule has 0 aliphatic carbocycles. The molecule has 0 atom stereocenters. The minimum absolute atomic E-state index is 0.0638. The molecule has 0 saturated heterocycles. The van der Waals surface area contributed by atoms with E-state index in [1.165, 1.54) is 4.57 Å². The summed E-state index contributed by atoms with van der Waals surface area (Å²) in [7, 11) is 1.68. The van der Waals surface area contributed by atoms with Gasteiger partial charge in [-0.1, -0.05) is 30.3 Å². The molecule has 0 bridgehead atoms. The van der Waals surface area contributed by atoms with Crippen molar-refractivity contribution in [2.45, 2.75) is 6.92 Å². The standard InChI is InChI=1S/C20H17N3O2/c1-3-23-17-11-7-5-8-13(17)15(20(23)25)12-18-21-16-10-6-4-9-14(16)19(24)22(18)2/h4-12H,3H2,1-2H3/b15-12+. The van der Waals surface area contributed by atoms with Crippen molar-refractivity contribution >= 4 is 34.1 Å². The first-order valence-corrected chi connectivity index (χ1v) is 8.20. The van der Waals surface area contributed by atoms with Crippen LogP contribution in [0.25, 0.3) is 22.6 Å². The maximum Gasteiger partial charge on any atom is 0.261 e. The van der Waals surface area contributed by atoms with E-state index < -0.39 is 0 Å². The minimum atomic E-state index is -0.122. The fourth-order valence-electron chi connectivity index (χ4n) is 3.25. The molecule has 3 aromatic rings. The molecule has 0 N–H and O–H groups in total. The largest absolute Gasteiger partial charge is 0.308 e. The number of benzene rings is 2. The van der Waals surface area contributed by atoms with Crippen LogP contribution in [0.1, 0.15) is 18.3 Å². The van der Waals surface area contributed by atoms with E-state index in [0.717, 1.165) is 11.3 Å². The van der Waals surface area contributed by atoms with Crippen molar-refractivity contribution < 1.29 is 4.79 Å². The number of anilines is 1. The van der Waals surface area contributed by atoms with Gasteiger partial charge in [0.05, 0.1) is 22.2 Å². The molecule has 2 aromatic carbocycles. The third kappa shape index (κ3) is 2.28. The van der Waals surface area contributed by atoms with Crippen molar-refractivity contribution in [1.82, 2.24) is 9.55 Å². The fourth-order valence-corrected chi connectivity index (χ4v) is 3.25. The van der Waals surface area contributed by atoms with E-state index >= 15 is 0 Å². The zero-order chi connectivity index (χ0) is 17.6. The average Bonchev–Trinajstić information content (AvgIpc) is 2.91. The smallest absolute Gasteiger partial charge is 0.261 e. The van der Waals surface area contributed by atoms with Crippen LogP contribution in [0.3, 0.4) is 0 Å². The van der Waals surface area contributed by atoms with Gasteiger partial charge in [-0.25, -0.2) is 4.98 Å². The summed E-state index contributed by atoms with van der Waals surface area (Å²) in [6.45, 7) is 2.54. The molecule has 0 radical (unpaired) electrons. The van der Waals surface area contributed by atoms with E-state index in [2.05, 4.69) is 4.98 Å². The molecule has 1 aliphatic rings. The Morgan fingerprint density at radius 1 is 1.04 bits per heavy atom. The van der Waals surface area contributed by atoms with E-state index in [4.69, 9.17) is 0 Å². The molecule has 2 heterocycles. The molecule has 4 rings (SSSR count). The highest BCUT2D eigenvalue weighted by Crippen LogP contribution is 2.37. The Bertz CT molecular complexity index is 1100. The highest BCUT2D eigenvalue weighted by molar-refractivity contribution is 6.35. The molecule has 0 saturated carbocycles. The molecule has 0 unspecified atom stereocenters. The molecule has 25 heavy (non-hydrogen) atoms. The summed E-state index contributed by atoms with van der Waals surface area (Å²) in [5.41, 5.74) is 2.84. The Morgan fingerprint density at radius 3 is 2.56 bits per heavy atom. The number of carbonyl (C=O) groups excluding carboxylic acids is 1. The van der Waals surface area contributed by atoms with Gasteiger partial charge < -0.3 is 4.90 Å². The lowest BCUT2D eigenvalue weighted by Gasteiger charge is -2.13. The van der Waals surface area contributed by atoms with Gasteiger partial charge in [-0.2, -0.15) is 0 Å². The van der Waals surface area contributed by atoms with Crippen LogP contribution in [0, 0.1) is 0 Å². The molecule has 1 aliphatic heterocycles. The number of fused-ring (bicyclic) bond motifs is 2. The predicted octanol–water partition coefficient (Wildman–Crippen LogP) is 2.84. The zero-order valence-electron chi connectivity index (χ0n) is 14.1. The van der Waals surface area contributed by atoms with E-state index in [0.29, 0.717) is 28.8 Å². The Labute approximate surface area is 144 Å². The summed E-state index contributed by atoms with van der Waals surface area (Å²) in [6.07, 6.45) is 1.71. The van der Waals surface area contributed by atoms with Gasteiger partial charge in [-0.05, 0) is 31.2 Å². The normalized spacial score (nSPS) is 15.2. The predicted molar refractivity (Wildman–Crippen MR) is 99.3 cm³/mol. The third-order valence-electron chi connectivity index (χ3n) is 4.57. The van der Waals surface area contributed by atoms with Gasteiger partial charge in [-0.15, -0.1) is 0 Å². The lowest BCUT2D eigenvalue weighted by Crippen LogP contribution is -2.26. The molecule has 0 fully saturated rings. The van der Waals surface area contributed by atoms with Crippen LogP contribution in [0.5, 0.6) is 0 Å². The SMILES string of the molecule is CCN1C(=O)/C(=C/c2nc3ccccc3c(=O)n2C)c2ccccc21. The molecule has 1 aromatic heterocycles. The van der Waals surface area contributed by atoms with E-state index in [1.807, 2.05) is 49.4 Å². The Hall–Kier alpha value is -3.21. The highest BCUT2D eigenvalue weighted by atomic mass is 16.2. The molecular formula is C20H17N3O2. The van der Waals surface area contributed by atoms with Gasteiger partial charge in [0.25, 0.3) is 11.5 Å². The zero-order valence-corrected chi connectivity index (χ0v) is 14.1. The second-order valence-electron chi connectivity index (χ2n) is 5.98. The van der Waals surface area contributed by atoms with Gasteiger partial charge >= 0.3 is 0 Å². The van der Waals surface area contributed by atoms with Crippen molar-refractivity contribution in [3.63, 3.8) is 0 Å². The van der Waals surface area contributed by atoms with Gasteiger partial charge in [-0.3, -0.25) is 14.2 Å². The summed E-state index contributed by atoms with van der Waals surface area (Å²) in [5, 5.41) is 0.570. The first kappa shape index (κ1) is 15.3. The number of nitrogens with zero attached hydrogens (tertiary/aromatic N) is 3. The number of carbonyl (C=O) groups is 1. The van der Waals surface area contributed by atoms with E-state index in [-0.39, 0.29) is 11.5 Å². The summed E-state index contributed by atoms with van der Waals surface area (Å²) in [6, 6.07) is 14.9. The molecule has 5 heteroatoms. The van der Waals surface area contributed by atoms with Crippen LogP contribution >= 0.6 is 0 Å². The number of rotatable bonds is 2. The van der Waals surface area contributed by atoms with Crippen LogP contribution in [-0.2, 0) is 11.8 Å². The number of likely N-dealkylation sites (N-methyl/N-ethyl adjacent to an activating group) is 1. The Balaban J connectivity index is 1.95.